The van der Waals surface area contributed by atoms with Crippen LogP contribution in [0.4, 0.5) is 11.6 Å². The first-order valence-electron chi connectivity index (χ1n) is 5.76. The lowest BCUT2D eigenvalue weighted by Gasteiger charge is -2.10. The van der Waals surface area contributed by atoms with E-state index in [0.717, 1.165) is 31.0 Å². The highest BCUT2D eigenvalue weighted by molar-refractivity contribution is 5.47. The summed E-state index contributed by atoms with van der Waals surface area (Å²) in [6.07, 6.45) is 2.30. The molecule has 4 N–H and O–H groups in total. The molecule has 0 radical (unpaired) electrons. The van der Waals surface area contributed by atoms with Crippen LogP contribution in [0.1, 0.15) is 45.4 Å². The number of hydrogen-bond acceptors (Lipinski definition) is 5. The molecule has 0 atom stereocenters. The van der Waals surface area contributed by atoms with E-state index in [4.69, 9.17) is 5.84 Å². The molecule has 0 aliphatic heterocycles. The zero-order chi connectivity index (χ0) is 12.0. The molecule has 0 saturated carbocycles. The van der Waals surface area contributed by atoms with Crippen LogP contribution in [0.3, 0.4) is 0 Å². The summed E-state index contributed by atoms with van der Waals surface area (Å²) in [5, 5.41) is 3.27. The SMILES string of the molecule is CCCCNc1cc(NN)nc(C(C)C)n1. The van der Waals surface area contributed by atoms with Crippen LogP contribution in [-0.2, 0) is 0 Å². The summed E-state index contributed by atoms with van der Waals surface area (Å²) in [6.45, 7) is 7.21. The van der Waals surface area contributed by atoms with E-state index in [1.165, 1.54) is 0 Å². The van der Waals surface area contributed by atoms with Crippen LogP contribution in [0.25, 0.3) is 0 Å². The Balaban J connectivity index is 2.78. The lowest BCUT2D eigenvalue weighted by atomic mass is 10.2. The first kappa shape index (κ1) is 12.7. The summed E-state index contributed by atoms with van der Waals surface area (Å²) in [4.78, 5) is 8.73. The third-order valence-electron chi connectivity index (χ3n) is 2.24. The minimum Gasteiger partial charge on any atom is -0.370 e. The minimum absolute atomic E-state index is 0.292. The first-order chi connectivity index (χ1) is 7.67. The van der Waals surface area contributed by atoms with Gasteiger partial charge >= 0.3 is 0 Å². The van der Waals surface area contributed by atoms with Crippen molar-refractivity contribution in [3.05, 3.63) is 11.9 Å². The third-order valence-corrected chi connectivity index (χ3v) is 2.24. The number of hydrazine groups is 1. The summed E-state index contributed by atoms with van der Waals surface area (Å²) in [5.41, 5.74) is 2.56. The molecule has 1 aromatic heterocycles. The van der Waals surface area contributed by atoms with Crippen molar-refractivity contribution in [3.63, 3.8) is 0 Å². The predicted octanol–water partition coefficient (Wildman–Crippen LogP) is 2.10. The standard InChI is InChI=1S/C11H21N5/c1-4-5-6-13-9-7-10(16-12)15-11(14-9)8(2)3/h7-8H,4-6,12H2,1-3H3,(H2,13,14,15,16). The van der Waals surface area contributed by atoms with Crippen LogP contribution in [0.15, 0.2) is 6.07 Å². The van der Waals surface area contributed by atoms with Gasteiger partial charge in [0.15, 0.2) is 0 Å². The van der Waals surface area contributed by atoms with Crippen LogP contribution in [0, 0.1) is 0 Å². The molecule has 0 aliphatic carbocycles. The quantitative estimate of drug-likeness (QED) is 0.391. The maximum absolute atomic E-state index is 5.37. The maximum atomic E-state index is 5.37. The Labute approximate surface area is 96.8 Å². The van der Waals surface area contributed by atoms with Gasteiger partial charge < -0.3 is 10.7 Å². The molecule has 0 unspecified atom stereocenters. The van der Waals surface area contributed by atoms with Crippen molar-refractivity contribution in [1.82, 2.24) is 9.97 Å². The van der Waals surface area contributed by atoms with Crippen LogP contribution >= 0.6 is 0 Å². The van der Waals surface area contributed by atoms with Gasteiger partial charge in [-0.15, -0.1) is 0 Å². The number of rotatable bonds is 6. The molecule has 5 nitrogen and oxygen atoms in total. The van der Waals surface area contributed by atoms with Gasteiger partial charge in [0.1, 0.15) is 17.5 Å². The zero-order valence-corrected chi connectivity index (χ0v) is 10.2. The molecular formula is C11H21N5. The lowest BCUT2D eigenvalue weighted by Crippen LogP contribution is -2.13. The highest BCUT2D eigenvalue weighted by Crippen LogP contribution is 2.16. The minimum atomic E-state index is 0.292. The summed E-state index contributed by atoms with van der Waals surface area (Å²) < 4.78 is 0. The molecule has 1 heterocycles. The van der Waals surface area contributed by atoms with E-state index in [9.17, 15) is 0 Å². The molecular weight excluding hydrogens is 202 g/mol. The van der Waals surface area contributed by atoms with Gasteiger partial charge in [0.25, 0.3) is 0 Å². The topological polar surface area (TPSA) is 75.9 Å². The number of unbranched alkanes of at least 4 members (excludes halogenated alkanes) is 1. The molecule has 0 spiro atoms. The molecule has 0 fully saturated rings. The van der Waals surface area contributed by atoms with Crippen molar-refractivity contribution in [2.24, 2.45) is 5.84 Å². The molecule has 5 heteroatoms. The Hall–Kier alpha value is -1.36. The van der Waals surface area contributed by atoms with Crippen molar-refractivity contribution < 1.29 is 0 Å². The van der Waals surface area contributed by atoms with E-state index in [1.54, 1.807) is 0 Å². The van der Waals surface area contributed by atoms with Gasteiger partial charge in [0.05, 0.1) is 0 Å². The highest BCUT2D eigenvalue weighted by atomic mass is 15.3. The molecule has 1 rings (SSSR count). The highest BCUT2D eigenvalue weighted by Gasteiger charge is 2.06. The van der Waals surface area contributed by atoms with Crippen LogP contribution in [0.5, 0.6) is 0 Å². The van der Waals surface area contributed by atoms with Gasteiger partial charge in [-0.1, -0.05) is 27.2 Å². The summed E-state index contributed by atoms with van der Waals surface area (Å²) in [5.74, 6) is 7.95. The van der Waals surface area contributed by atoms with Gasteiger partial charge in [-0.2, -0.15) is 0 Å². The predicted molar refractivity (Wildman–Crippen MR) is 67.3 cm³/mol. The molecule has 0 amide bonds. The van der Waals surface area contributed by atoms with E-state index in [-0.39, 0.29) is 0 Å². The number of aromatic nitrogens is 2. The Morgan fingerprint density at radius 2 is 2.00 bits per heavy atom. The van der Waals surface area contributed by atoms with Gasteiger partial charge in [0, 0.05) is 18.5 Å². The molecule has 0 bridgehead atoms. The molecule has 90 valence electrons. The average molecular weight is 223 g/mol. The van der Waals surface area contributed by atoms with Crippen LogP contribution < -0.4 is 16.6 Å². The monoisotopic (exact) mass is 223 g/mol. The molecule has 16 heavy (non-hydrogen) atoms. The van der Waals surface area contributed by atoms with E-state index in [1.807, 2.05) is 6.07 Å². The third kappa shape index (κ3) is 3.66. The maximum Gasteiger partial charge on any atom is 0.145 e. The zero-order valence-electron chi connectivity index (χ0n) is 10.2. The number of hydrogen-bond donors (Lipinski definition) is 3. The van der Waals surface area contributed by atoms with E-state index in [2.05, 4.69) is 41.5 Å². The largest absolute Gasteiger partial charge is 0.370 e. The molecule has 1 aromatic rings. The van der Waals surface area contributed by atoms with Crippen molar-refractivity contribution in [2.45, 2.75) is 39.5 Å². The lowest BCUT2D eigenvalue weighted by molar-refractivity contribution is 0.771. The van der Waals surface area contributed by atoms with Crippen molar-refractivity contribution in [3.8, 4) is 0 Å². The fraction of sp³-hybridized carbons (Fsp3) is 0.636. The van der Waals surface area contributed by atoms with Crippen LogP contribution in [0.2, 0.25) is 0 Å². The second kappa shape index (κ2) is 6.27. The van der Waals surface area contributed by atoms with Crippen molar-refractivity contribution >= 4 is 11.6 Å². The number of nitrogens with two attached hydrogens (primary N) is 1. The Morgan fingerprint density at radius 3 is 2.56 bits per heavy atom. The van der Waals surface area contributed by atoms with Crippen molar-refractivity contribution in [1.29, 1.82) is 0 Å². The van der Waals surface area contributed by atoms with E-state index < -0.39 is 0 Å². The van der Waals surface area contributed by atoms with Gasteiger partial charge in [-0.25, -0.2) is 15.8 Å². The number of anilines is 2. The van der Waals surface area contributed by atoms with E-state index >= 15 is 0 Å². The second-order valence-electron chi connectivity index (χ2n) is 4.08. The van der Waals surface area contributed by atoms with Gasteiger partial charge in [-0.3, -0.25) is 0 Å². The van der Waals surface area contributed by atoms with Gasteiger partial charge in [0.2, 0.25) is 0 Å². The summed E-state index contributed by atoms with van der Waals surface area (Å²) in [6, 6.07) is 1.82. The number of nitrogens with one attached hydrogen (secondary N) is 2. The Bertz CT molecular complexity index is 324. The normalized spacial score (nSPS) is 10.6. The van der Waals surface area contributed by atoms with Gasteiger partial charge in [-0.05, 0) is 6.42 Å². The summed E-state index contributed by atoms with van der Waals surface area (Å²) >= 11 is 0. The van der Waals surface area contributed by atoms with E-state index in [0.29, 0.717) is 11.7 Å². The average Bonchev–Trinajstić information content (AvgIpc) is 2.29. The fourth-order valence-corrected chi connectivity index (χ4v) is 1.28. The molecule has 0 aliphatic rings. The van der Waals surface area contributed by atoms with Crippen LogP contribution in [-0.4, -0.2) is 16.5 Å². The fourth-order valence-electron chi connectivity index (χ4n) is 1.28. The molecule has 0 saturated heterocycles. The number of nitrogen functional groups attached to an aromatic ring is 1. The summed E-state index contributed by atoms with van der Waals surface area (Å²) in [7, 11) is 0. The number of nitrogens with zero attached hydrogens (tertiary/aromatic N) is 2. The molecule has 0 aromatic carbocycles. The first-order valence-corrected chi connectivity index (χ1v) is 5.76. The Kier molecular flexibility index (Phi) is 4.98. The smallest absolute Gasteiger partial charge is 0.145 e. The Morgan fingerprint density at radius 1 is 1.31 bits per heavy atom. The second-order valence-corrected chi connectivity index (χ2v) is 4.08. The van der Waals surface area contributed by atoms with Crippen molar-refractivity contribution in [2.75, 3.05) is 17.3 Å².